The summed E-state index contributed by atoms with van der Waals surface area (Å²) in [5, 5.41) is 11.5. The standard InChI is InChI=1S/C22H20Cl2F2N2O4/c23-16-9-15(27-19(29)4-6-21(31)32)10-17(24)22(16)28-11-12(1-5-20(28)30)7-13-2-3-14(25)8-18(13)26/h2-3,8-10,12H,1,4-7,11H2,(H,27,29)(H,31,32). The average molecular weight is 485 g/mol. The minimum atomic E-state index is -1.09. The molecule has 1 atom stereocenters. The third-order valence-electron chi connectivity index (χ3n) is 5.17. The summed E-state index contributed by atoms with van der Waals surface area (Å²) in [6.45, 7) is 0.249. The minimum Gasteiger partial charge on any atom is -0.481 e. The van der Waals surface area contributed by atoms with Crippen LogP contribution in [0.15, 0.2) is 30.3 Å². The van der Waals surface area contributed by atoms with E-state index >= 15 is 0 Å². The van der Waals surface area contributed by atoms with Crippen LogP contribution in [0.2, 0.25) is 10.0 Å². The molecule has 6 nitrogen and oxygen atoms in total. The van der Waals surface area contributed by atoms with Gasteiger partial charge in [-0.05, 0) is 42.5 Å². The van der Waals surface area contributed by atoms with E-state index in [1.807, 2.05) is 0 Å². The summed E-state index contributed by atoms with van der Waals surface area (Å²) in [6.07, 6.45) is 0.554. The van der Waals surface area contributed by atoms with Gasteiger partial charge >= 0.3 is 5.97 Å². The highest BCUT2D eigenvalue weighted by Crippen LogP contribution is 2.39. The van der Waals surface area contributed by atoms with E-state index in [0.717, 1.165) is 6.07 Å². The molecule has 1 aliphatic rings. The maximum Gasteiger partial charge on any atom is 0.303 e. The Bertz CT molecular complexity index is 1040. The molecule has 0 aliphatic carbocycles. The lowest BCUT2D eigenvalue weighted by molar-refractivity contribution is -0.138. The van der Waals surface area contributed by atoms with Gasteiger partial charge in [0.2, 0.25) is 11.8 Å². The second-order valence-corrected chi connectivity index (χ2v) is 8.39. The molecule has 32 heavy (non-hydrogen) atoms. The number of hydrogen-bond donors (Lipinski definition) is 2. The van der Waals surface area contributed by atoms with Crippen LogP contribution in [-0.4, -0.2) is 29.4 Å². The van der Waals surface area contributed by atoms with Gasteiger partial charge in [0.1, 0.15) is 11.6 Å². The molecule has 2 amide bonds. The van der Waals surface area contributed by atoms with Crippen molar-refractivity contribution in [3.63, 3.8) is 0 Å². The Morgan fingerprint density at radius 1 is 1.12 bits per heavy atom. The highest BCUT2D eigenvalue weighted by atomic mass is 35.5. The summed E-state index contributed by atoms with van der Waals surface area (Å²) < 4.78 is 27.2. The number of hydrogen-bond acceptors (Lipinski definition) is 3. The van der Waals surface area contributed by atoms with Crippen LogP contribution in [0.25, 0.3) is 0 Å². The van der Waals surface area contributed by atoms with E-state index in [-0.39, 0.29) is 59.1 Å². The number of carbonyl (C=O) groups is 3. The fraction of sp³-hybridized carbons (Fsp3) is 0.318. The van der Waals surface area contributed by atoms with Crippen LogP contribution >= 0.6 is 23.2 Å². The lowest BCUT2D eigenvalue weighted by atomic mass is 9.90. The monoisotopic (exact) mass is 484 g/mol. The van der Waals surface area contributed by atoms with Gasteiger partial charge in [0.25, 0.3) is 0 Å². The van der Waals surface area contributed by atoms with E-state index in [1.165, 1.54) is 29.2 Å². The highest BCUT2D eigenvalue weighted by Gasteiger charge is 2.30. The van der Waals surface area contributed by atoms with Gasteiger partial charge in [0.05, 0.1) is 22.2 Å². The molecule has 1 fully saturated rings. The number of carboxylic acid groups (broad SMARTS) is 1. The first-order valence-electron chi connectivity index (χ1n) is 9.89. The van der Waals surface area contributed by atoms with Gasteiger partial charge in [-0.3, -0.25) is 14.4 Å². The van der Waals surface area contributed by atoms with Gasteiger partial charge in [-0.15, -0.1) is 0 Å². The molecule has 170 valence electrons. The molecule has 1 aliphatic heterocycles. The number of carbonyl (C=O) groups excluding carboxylic acids is 2. The largest absolute Gasteiger partial charge is 0.481 e. The van der Waals surface area contributed by atoms with Crippen LogP contribution in [0.1, 0.15) is 31.2 Å². The maximum absolute atomic E-state index is 14.0. The Labute approximate surface area is 193 Å². The maximum atomic E-state index is 14.0. The summed E-state index contributed by atoms with van der Waals surface area (Å²) >= 11 is 12.7. The van der Waals surface area contributed by atoms with Crippen molar-refractivity contribution in [3.8, 4) is 0 Å². The zero-order valence-electron chi connectivity index (χ0n) is 16.8. The SMILES string of the molecule is O=C(O)CCC(=O)Nc1cc(Cl)c(N2CC(Cc3ccc(F)cc3F)CCC2=O)c(Cl)c1. The van der Waals surface area contributed by atoms with Gasteiger partial charge in [-0.1, -0.05) is 29.3 Å². The van der Waals surface area contributed by atoms with Gasteiger partial charge in [0, 0.05) is 31.1 Å². The molecular weight excluding hydrogens is 465 g/mol. The Morgan fingerprint density at radius 2 is 1.81 bits per heavy atom. The van der Waals surface area contributed by atoms with E-state index in [9.17, 15) is 23.2 Å². The fourth-order valence-corrected chi connectivity index (χ4v) is 4.33. The number of halogens is 4. The molecule has 0 saturated carbocycles. The molecule has 0 bridgehead atoms. The first-order valence-corrected chi connectivity index (χ1v) is 10.6. The molecule has 0 radical (unpaired) electrons. The number of piperidine rings is 1. The quantitative estimate of drug-likeness (QED) is 0.574. The van der Waals surface area contributed by atoms with Crippen LogP contribution in [0.4, 0.5) is 20.2 Å². The van der Waals surface area contributed by atoms with Crippen LogP contribution in [-0.2, 0) is 20.8 Å². The summed E-state index contributed by atoms with van der Waals surface area (Å²) in [5.74, 6) is -3.17. The second-order valence-electron chi connectivity index (χ2n) is 7.58. The lowest BCUT2D eigenvalue weighted by Gasteiger charge is -2.34. The number of rotatable bonds is 7. The summed E-state index contributed by atoms with van der Waals surface area (Å²) in [5.41, 5.74) is 0.919. The van der Waals surface area contributed by atoms with Crippen molar-refractivity contribution in [2.75, 3.05) is 16.8 Å². The van der Waals surface area contributed by atoms with Crippen molar-refractivity contribution < 1.29 is 28.3 Å². The molecular formula is C22H20Cl2F2N2O4. The molecule has 2 aromatic rings. The van der Waals surface area contributed by atoms with Gasteiger partial charge in [0.15, 0.2) is 0 Å². The van der Waals surface area contributed by atoms with E-state index < -0.39 is 23.5 Å². The normalized spacial score (nSPS) is 16.2. The van der Waals surface area contributed by atoms with Crippen molar-refractivity contribution >= 4 is 52.4 Å². The second kappa shape index (κ2) is 10.3. The number of carboxylic acids is 1. The minimum absolute atomic E-state index is 0.0878. The summed E-state index contributed by atoms with van der Waals surface area (Å²) in [7, 11) is 0. The van der Waals surface area contributed by atoms with E-state index in [4.69, 9.17) is 28.3 Å². The van der Waals surface area contributed by atoms with Gasteiger partial charge in [-0.2, -0.15) is 0 Å². The fourth-order valence-electron chi connectivity index (χ4n) is 3.63. The smallest absolute Gasteiger partial charge is 0.303 e. The molecule has 2 aromatic carbocycles. The summed E-state index contributed by atoms with van der Waals surface area (Å²) in [6, 6.07) is 6.28. The van der Waals surface area contributed by atoms with Crippen molar-refractivity contribution in [3.05, 3.63) is 57.6 Å². The number of aliphatic carboxylic acids is 1. The van der Waals surface area contributed by atoms with Crippen molar-refractivity contribution in [1.29, 1.82) is 0 Å². The molecule has 1 saturated heterocycles. The molecule has 1 heterocycles. The zero-order valence-corrected chi connectivity index (χ0v) is 18.3. The van der Waals surface area contributed by atoms with Crippen molar-refractivity contribution in [2.24, 2.45) is 5.92 Å². The first-order chi connectivity index (χ1) is 15.1. The Hall–Kier alpha value is -2.71. The first kappa shape index (κ1) is 23.9. The molecule has 2 N–H and O–H groups in total. The third-order valence-corrected chi connectivity index (χ3v) is 5.74. The Morgan fingerprint density at radius 3 is 2.44 bits per heavy atom. The van der Waals surface area contributed by atoms with Crippen molar-refractivity contribution in [1.82, 2.24) is 0 Å². The van der Waals surface area contributed by atoms with E-state index in [1.54, 1.807) is 0 Å². The predicted molar refractivity (Wildman–Crippen MR) is 117 cm³/mol. The molecule has 10 heteroatoms. The average Bonchev–Trinajstić information content (AvgIpc) is 2.70. The third kappa shape index (κ3) is 5.95. The number of nitrogens with zero attached hydrogens (tertiary/aromatic N) is 1. The molecule has 1 unspecified atom stereocenters. The molecule has 0 aromatic heterocycles. The molecule has 0 spiro atoms. The van der Waals surface area contributed by atoms with Gasteiger partial charge < -0.3 is 15.3 Å². The number of nitrogens with one attached hydrogen (secondary N) is 1. The van der Waals surface area contributed by atoms with Crippen LogP contribution in [0.5, 0.6) is 0 Å². The topological polar surface area (TPSA) is 86.7 Å². The Kier molecular flexibility index (Phi) is 7.69. The number of benzene rings is 2. The predicted octanol–water partition coefficient (Wildman–Crippen LogP) is 5.06. The van der Waals surface area contributed by atoms with Crippen molar-refractivity contribution in [2.45, 2.75) is 32.1 Å². The summed E-state index contributed by atoms with van der Waals surface area (Å²) in [4.78, 5) is 36.5. The van der Waals surface area contributed by atoms with E-state index in [0.29, 0.717) is 18.4 Å². The van der Waals surface area contributed by atoms with Crippen LogP contribution in [0, 0.1) is 17.6 Å². The highest BCUT2D eigenvalue weighted by molar-refractivity contribution is 6.40. The van der Waals surface area contributed by atoms with Crippen LogP contribution in [0.3, 0.4) is 0 Å². The van der Waals surface area contributed by atoms with Gasteiger partial charge in [-0.25, -0.2) is 8.78 Å². The molecule has 3 rings (SSSR count). The van der Waals surface area contributed by atoms with E-state index in [2.05, 4.69) is 5.32 Å². The Balaban J connectivity index is 1.75. The number of amides is 2. The lowest BCUT2D eigenvalue weighted by Crippen LogP contribution is -2.41. The number of anilines is 2. The van der Waals surface area contributed by atoms with Crippen LogP contribution < -0.4 is 10.2 Å². The zero-order chi connectivity index (χ0) is 23.4.